The molecule has 1 aromatic heterocycles. The lowest BCUT2D eigenvalue weighted by atomic mass is 10.0. The number of hydrogen-bond donors (Lipinski definition) is 1. The Kier molecular flexibility index (Phi) is 3.23. The number of carbonyl (C=O) groups excluding carboxylic acids is 1. The fraction of sp³-hybridized carbons (Fsp3) is 0.158. The van der Waals surface area contributed by atoms with Crippen LogP contribution in [0.3, 0.4) is 0 Å². The highest BCUT2D eigenvalue weighted by Crippen LogP contribution is 2.39. The molecule has 1 aliphatic carbocycles. The van der Waals surface area contributed by atoms with Gasteiger partial charge in [0.05, 0.1) is 23.6 Å². The van der Waals surface area contributed by atoms with Gasteiger partial charge in [-0.25, -0.2) is 4.79 Å². The van der Waals surface area contributed by atoms with E-state index in [0.717, 1.165) is 23.4 Å². The third kappa shape index (κ3) is 2.23. The van der Waals surface area contributed by atoms with Gasteiger partial charge >= 0.3 is 5.97 Å². The SMILES string of the molecule is CCOC(=O)c1ccc(-c2n[nH]c3c2Cc2ccccc2-3)cc1. The van der Waals surface area contributed by atoms with E-state index in [2.05, 4.69) is 28.4 Å². The van der Waals surface area contributed by atoms with Gasteiger partial charge in [-0.05, 0) is 24.6 Å². The Morgan fingerprint density at radius 3 is 2.74 bits per heavy atom. The van der Waals surface area contributed by atoms with Crippen LogP contribution in [0.15, 0.2) is 48.5 Å². The van der Waals surface area contributed by atoms with Crippen LogP contribution in [-0.4, -0.2) is 22.8 Å². The van der Waals surface area contributed by atoms with E-state index in [4.69, 9.17) is 4.74 Å². The van der Waals surface area contributed by atoms with Crippen LogP contribution in [0.4, 0.5) is 0 Å². The van der Waals surface area contributed by atoms with Crippen LogP contribution in [0.2, 0.25) is 0 Å². The number of benzene rings is 2. The molecule has 0 spiro atoms. The topological polar surface area (TPSA) is 55.0 Å². The lowest BCUT2D eigenvalue weighted by Crippen LogP contribution is -2.04. The Hall–Kier alpha value is -2.88. The van der Waals surface area contributed by atoms with Gasteiger partial charge in [-0.1, -0.05) is 36.4 Å². The van der Waals surface area contributed by atoms with Crippen molar-refractivity contribution in [2.24, 2.45) is 0 Å². The zero-order valence-corrected chi connectivity index (χ0v) is 12.8. The van der Waals surface area contributed by atoms with E-state index in [1.54, 1.807) is 19.1 Å². The number of aromatic amines is 1. The molecule has 2 aromatic carbocycles. The van der Waals surface area contributed by atoms with E-state index >= 15 is 0 Å². The number of H-pyrrole nitrogens is 1. The van der Waals surface area contributed by atoms with Crippen molar-refractivity contribution < 1.29 is 9.53 Å². The fourth-order valence-electron chi connectivity index (χ4n) is 3.09. The molecule has 0 saturated carbocycles. The van der Waals surface area contributed by atoms with Gasteiger partial charge in [0, 0.05) is 23.1 Å². The van der Waals surface area contributed by atoms with Crippen LogP contribution in [-0.2, 0) is 11.2 Å². The molecule has 1 heterocycles. The molecule has 1 N–H and O–H groups in total. The Balaban J connectivity index is 1.68. The smallest absolute Gasteiger partial charge is 0.338 e. The zero-order chi connectivity index (χ0) is 15.8. The van der Waals surface area contributed by atoms with Crippen LogP contribution in [0, 0.1) is 0 Å². The summed E-state index contributed by atoms with van der Waals surface area (Å²) < 4.78 is 5.01. The highest BCUT2D eigenvalue weighted by Gasteiger charge is 2.24. The highest BCUT2D eigenvalue weighted by atomic mass is 16.5. The van der Waals surface area contributed by atoms with Crippen molar-refractivity contribution >= 4 is 5.97 Å². The van der Waals surface area contributed by atoms with Crippen LogP contribution < -0.4 is 0 Å². The quantitative estimate of drug-likeness (QED) is 0.585. The summed E-state index contributed by atoms with van der Waals surface area (Å²) in [5.41, 5.74) is 7.38. The van der Waals surface area contributed by atoms with E-state index < -0.39 is 0 Å². The van der Waals surface area contributed by atoms with E-state index in [1.807, 2.05) is 18.2 Å². The second-order valence-electron chi connectivity index (χ2n) is 5.56. The van der Waals surface area contributed by atoms with Crippen LogP contribution in [0.5, 0.6) is 0 Å². The third-order valence-electron chi connectivity index (χ3n) is 4.19. The molecule has 0 bridgehead atoms. The van der Waals surface area contributed by atoms with Crippen molar-refractivity contribution in [3.63, 3.8) is 0 Å². The minimum absolute atomic E-state index is 0.293. The number of hydrogen-bond acceptors (Lipinski definition) is 3. The lowest BCUT2D eigenvalue weighted by Gasteiger charge is -2.04. The number of nitrogens with one attached hydrogen (secondary N) is 1. The first-order chi connectivity index (χ1) is 11.3. The average Bonchev–Trinajstić information content (AvgIpc) is 3.14. The molecule has 0 aliphatic heterocycles. The summed E-state index contributed by atoms with van der Waals surface area (Å²) in [7, 11) is 0. The summed E-state index contributed by atoms with van der Waals surface area (Å²) in [4.78, 5) is 11.7. The van der Waals surface area contributed by atoms with Gasteiger partial charge in [-0.3, -0.25) is 5.10 Å². The molecular formula is C19H16N2O2. The maximum Gasteiger partial charge on any atom is 0.338 e. The van der Waals surface area contributed by atoms with Crippen molar-refractivity contribution in [3.8, 4) is 22.5 Å². The Morgan fingerprint density at radius 1 is 1.17 bits per heavy atom. The van der Waals surface area contributed by atoms with Crippen molar-refractivity contribution in [3.05, 3.63) is 65.2 Å². The monoisotopic (exact) mass is 304 g/mol. The summed E-state index contributed by atoms with van der Waals surface area (Å²) >= 11 is 0. The minimum Gasteiger partial charge on any atom is -0.462 e. The van der Waals surface area contributed by atoms with Gasteiger partial charge in [-0.2, -0.15) is 5.10 Å². The standard InChI is InChI=1S/C19H16N2O2/c1-2-23-19(22)13-9-7-12(8-10-13)17-16-11-14-5-3-4-6-15(14)18(16)21-20-17/h3-10H,2,11H2,1H3,(H,20,21). The summed E-state index contributed by atoms with van der Waals surface area (Å²) in [5, 5.41) is 7.63. The molecule has 0 amide bonds. The highest BCUT2D eigenvalue weighted by molar-refractivity contribution is 5.90. The van der Waals surface area contributed by atoms with Gasteiger partial charge in [-0.15, -0.1) is 0 Å². The van der Waals surface area contributed by atoms with E-state index in [1.165, 1.54) is 16.7 Å². The summed E-state index contributed by atoms with van der Waals surface area (Å²) in [6.07, 6.45) is 0.886. The summed E-state index contributed by atoms with van der Waals surface area (Å²) in [6.45, 7) is 2.18. The van der Waals surface area contributed by atoms with Crippen molar-refractivity contribution in [2.75, 3.05) is 6.61 Å². The number of carbonyl (C=O) groups is 1. The molecule has 3 aromatic rings. The van der Waals surface area contributed by atoms with Gasteiger partial charge in [0.25, 0.3) is 0 Å². The van der Waals surface area contributed by atoms with Crippen LogP contribution >= 0.6 is 0 Å². The number of aromatic nitrogens is 2. The van der Waals surface area contributed by atoms with Crippen molar-refractivity contribution in [2.45, 2.75) is 13.3 Å². The first-order valence-corrected chi connectivity index (χ1v) is 7.71. The first-order valence-electron chi connectivity index (χ1n) is 7.71. The van der Waals surface area contributed by atoms with Gasteiger partial charge < -0.3 is 4.74 Å². The third-order valence-corrected chi connectivity index (χ3v) is 4.19. The largest absolute Gasteiger partial charge is 0.462 e. The van der Waals surface area contributed by atoms with E-state index in [9.17, 15) is 4.79 Å². The Labute approximate surface area is 134 Å². The molecule has 0 fully saturated rings. The molecule has 114 valence electrons. The molecule has 4 rings (SSSR count). The molecule has 1 aliphatic rings. The minimum atomic E-state index is -0.293. The van der Waals surface area contributed by atoms with Crippen LogP contribution in [0.25, 0.3) is 22.5 Å². The van der Waals surface area contributed by atoms with Gasteiger partial charge in [0.2, 0.25) is 0 Å². The fourth-order valence-corrected chi connectivity index (χ4v) is 3.09. The Bertz CT molecular complexity index is 879. The maximum absolute atomic E-state index is 11.7. The molecule has 0 radical (unpaired) electrons. The average molecular weight is 304 g/mol. The van der Waals surface area contributed by atoms with Crippen molar-refractivity contribution in [1.29, 1.82) is 0 Å². The predicted molar refractivity (Wildman–Crippen MR) is 88.2 cm³/mol. The number of esters is 1. The summed E-state index contributed by atoms with van der Waals surface area (Å²) in [6, 6.07) is 15.8. The first kappa shape index (κ1) is 13.8. The van der Waals surface area contributed by atoms with Crippen LogP contribution in [0.1, 0.15) is 28.4 Å². The van der Waals surface area contributed by atoms with E-state index in [0.29, 0.717) is 12.2 Å². The molecular weight excluding hydrogens is 288 g/mol. The molecule has 23 heavy (non-hydrogen) atoms. The number of ether oxygens (including phenoxy) is 1. The van der Waals surface area contributed by atoms with Crippen molar-refractivity contribution in [1.82, 2.24) is 10.2 Å². The summed E-state index contributed by atoms with van der Waals surface area (Å²) in [5.74, 6) is -0.293. The maximum atomic E-state index is 11.7. The van der Waals surface area contributed by atoms with E-state index in [-0.39, 0.29) is 5.97 Å². The number of fused-ring (bicyclic) bond motifs is 3. The second-order valence-corrected chi connectivity index (χ2v) is 5.56. The molecule has 0 saturated heterocycles. The lowest BCUT2D eigenvalue weighted by molar-refractivity contribution is 0.0526. The van der Waals surface area contributed by atoms with Gasteiger partial charge in [0.15, 0.2) is 0 Å². The number of nitrogens with zero attached hydrogens (tertiary/aromatic N) is 1. The molecule has 4 heteroatoms. The normalized spacial score (nSPS) is 11.9. The molecule has 0 unspecified atom stereocenters. The molecule has 4 nitrogen and oxygen atoms in total. The number of rotatable bonds is 3. The van der Waals surface area contributed by atoms with Gasteiger partial charge in [0.1, 0.15) is 0 Å². The molecule has 0 atom stereocenters. The second kappa shape index (κ2) is 5.39. The Morgan fingerprint density at radius 2 is 1.96 bits per heavy atom. The zero-order valence-electron chi connectivity index (χ0n) is 12.8. The predicted octanol–water partition coefficient (Wildman–Crippen LogP) is 3.82.